The lowest BCUT2D eigenvalue weighted by Gasteiger charge is -2.15. The fourth-order valence-corrected chi connectivity index (χ4v) is 1.75. The molecule has 0 radical (unpaired) electrons. The first-order valence-electron chi connectivity index (χ1n) is 9.46. The number of fused-ring (bicyclic) bond motifs is 1. The molecule has 0 bridgehead atoms. The predicted molar refractivity (Wildman–Crippen MR) is 78.6 cm³/mol. The molecule has 0 saturated heterocycles. The van der Waals surface area contributed by atoms with Crippen LogP contribution in [0.5, 0.6) is 5.75 Å². The summed E-state index contributed by atoms with van der Waals surface area (Å²) in [5, 5.41) is 14.1. The number of hydrogen-bond donors (Lipinski definition) is 2. The topological polar surface area (TPSA) is 41.5 Å². The first-order chi connectivity index (χ1) is 11.9. The van der Waals surface area contributed by atoms with Crippen molar-refractivity contribution in [3.8, 4) is 5.75 Å². The molecule has 1 unspecified atom stereocenters. The molecule has 2 rings (SSSR count). The Hall–Kier alpha value is -1.58. The fraction of sp³-hybridized carbons (Fsp3) is 0.375. The highest BCUT2D eigenvalue weighted by atomic mass is 16.5. The molecule has 0 fully saturated rings. The van der Waals surface area contributed by atoms with Gasteiger partial charge in [0.1, 0.15) is 18.4 Å². The van der Waals surface area contributed by atoms with Crippen molar-refractivity contribution in [3.05, 3.63) is 42.5 Å². The van der Waals surface area contributed by atoms with Crippen LogP contribution in [0.15, 0.2) is 42.5 Å². The maximum atomic E-state index is 10.1. The van der Waals surface area contributed by atoms with Crippen LogP contribution in [0.4, 0.5) is 0 Å². The van der Waals surface area contributed by atoms with Gasteiger partial charge in [0.15, 0.2) is 0 Å². The largest absolute Gasteiger partial charge is 0.490 e. The van der Waals surface area contributed by atoms with E-state index in [-0.39, 0.29) is 0 Å². The second-order valence-electron chi connectivity index (χ2n) is 4.15. The highest BCUT2D eigenvalue weighted by Gasteiger charge is 2.07. The van der Waals surface area contributed by atoms with E-state index >= 15 is 0 Å². The van der Waals surface area contributed by atoms with Gasteiger partial charge in [0.2, 0.25) is 0 Å². The molecule has 2 N–H and O–H groups in total. The maximum absolute atomic E-state index is 10.1. The zero-order chi connectivity index (χ0) is 19.6. The predicted octanol–water partition coefficient (Wildman–Crippen LogP) is 2.58. The second-order valence-corrected chi connectivity index (χ2v) is 4.15. The Kier molecular flexibility index (Phi) is 2.50. The van der Waals surface area contributed by atoms with E-state index in [9.17, 15) is 5.11 Å². The van der Waals surface area contributed by atoms with Crippen molar-refractivity contribution in [2.45, 2.75) is 25.8 Å². The van der Waals surface area contributed by atoms with Crippen molar-refractivity contribution >= 4 is 10.8 Å². The van der Waals surface area contributed by atoms with Gasteiger partial charge in [-0.1, -0.05) is 50.1 Å². The van der Waals surface area contributed by atoms with Crippen molar-refractivity contribution < 1.29 is 19.4 Å². The van der Waals surface area contributed by atoms with E-state index in [0.29, 0.717) is 5.75 Å². The Morgan fingerprint density at radius 3 is 2.89 bits per heavy atom. The Bertz CT molecular complexity index is 724. The molecule has 1 atom stereocenters. The van der Waals surface area contributed by atoms with Gasteiger partial charge >= 0.3 is 0 Å². The molecule has 0 aliphatic heterocycles. The van der Waals surface area contributed by atoms with Crippen LogP contribution in [0.3, 0.4) is 0 Å². The minimum Gasteiger partial charge on any atom is -0.490 e. The molecule has 3 heteroatoms. The third-order valence-electron chi connectivity index (χ3n) is 2.65. The average Bonchev–Trinajstić information content (AvgIpc) is 2.50. The molecule has 0 amide bonds. The summed E-state index contributed by atoms with van der Waals surface area (Å²) in [6.45, 7) is -6.61. The number of nitrogens with one attached hydrogen (secondary N) is 1. The Labute approximate surface area is 124 Å². The SMILES string of the molecule is [2H]C(O)(CNC(C([2H])([2H])[2H])C([2H])([2H])[2H])COc1cccc2ccccc12. The van der Waals surface area contributed by atoms with Crippen molar-refractivity contribution in [1.29, 1.82) is 0 Å². The summed E-state index contributed by atoms with van der Waals surface area (Å²) in [6, 6.07) is 11.0. The highest BCUT2D eigenvalue weighted by Crippen LogP contribution is 2.25. The average molecular weight is 266 g/mol. The number of hydrogen-bond acceptors (Lipinski definition) is 3. The summed E-state index contributed by atoms with van der Waals surface area (Å²) in [5.41, 5.74) is 0. The van der Waals surface area contributed by atoms with Gasteiger partial charge in [-0.25, -0.2) is 0 Å². The molecule has 2 aromatic carbocycles. The molecule has 0 aliphatic carbocycles. The summed E-state index contributed by atoms with van der Waals surface area (Å²) in [4.78, 5) is 0. The molecular formula is C16H21NO2. The van der Waals surface area contributed by atoms with Gasteiger partial charge in [0, 0.05) is 26.2 Å². The highest BCUT2D eigenvalue weighted by molar-refractivity contribution is 5.88. The van der Waals surface area contributed by atoms with E-state index < -0.39 is 39.0 Å². The van der Waals surface area contributed by atoms with E-state index in [4.69, 9.17) is 14.3 Å². The number of benzene rings is 2. The number of rotatable bonds is 6. The fourth-order valence-electron chi connectivity index (χ4n) is 1.75. The third kappa shape index (κ3) is 3.94. The zero-order valence-corrected chi connectivity index (χ0v) is 10.4. The van der Waals surface area contributed by atoms with Crippen LogP contribution in [0.2, 0.25) is 0 Å². The summed E-state index contributed by atoms with van der Waals surface area (Å²) in [5.74, 6) is 0.469. The van der Waals surface area contributed by atoms with Gasteiger partial charge in [0.05, 0.1) is 1.37 Å². The number of aliphatic hydroxyl groups is 1. The molecule has 0 aromatic heterocycles. The van der Waals surface area contributed by atoms with Crippen LogP contribution >= 0.6 is 0 Å². The summed E-state index contributed by atoms with van der Waals surface area (Å²) in [6.07, 6.45) is -2.20. The smallest absolute Gasteiger partial charge is 0.127 e. The standard InChI is InChI=1S/C16H21NO2/c1-12(2)17-10-14(18)11-19-16-9-5-7-13-6-3-4-8-15(13)16/h3-9,12,14,17-18H,10-11H2,1-2H3/i1D3,2D3,14D. The van der Waals surface area contributed by atoms with Crippen molar-refractivity contribution in [2.75, 3.05) is 13.2 Å². The van der Waals surface area contributed by atoms with Crippen LogP contribution in [0.1, 0.15) is 23.3 Å². The van der Waals surface area contributed by atoms with Crippen LogP contribution < -0.4 is 10.1 Å². The molecule has 0 saturated carbocycles. The summed E-state index contributed by atoms with van der Waals surface area (Å²) >= 11 is 0. The van der Waals surface area contributed by atoms with Gasteiger partial charge in [-0.2, -0.15) is 0 Å². The maximum Gasteiger partial charge on any atom is 0.127 e. The van der Waals surface area contributed by atoms with E-state index in [1.807, 2.05) is 30.3 Å². The van der Waals surface area contributed by atoms with Crippen molar-refractivity contribution in [1.82, 2.24) is 5.32 Å². The molecule has 102 valence electrons. The van der Waals surface area contributed by atoms with E-state index in [1.54, 1.807) is 12.1 Å². The lowest BCUT2D eigenvalue weighted by Crippen LogP contribution is -2.35. The first kappa shape index (κ1) is 7.27. The molecular weight excluding hydrogens is 238 g/mol. The monoisotopic (exact) mass is 266 g/mol. The normalized spacial score (nSPS) is 21.3. The summed E-state index contributed by atoms with van der Waals surface area (Å²) < 4.78 is 57.3. The number of ether oxygens (including phenoxy) is 1. The molecule has 19 heavy (non-hydrogen) atoms. The molecule has 3 nitrogen and oxygen atoms in total. The van der Waals surface area contributed by atoms with Crippen LogP contribution in [-0.4, -0.2) is 30.4 Å². The minimum absolute atomic E-state index is 0.456. The Morgan fingerprint density at radius 2 is 2.05 bits per heavy atom. The van der Waals surface area contributed by atoms with Crippen molar-refractivity contribution in [2.24, 2.45) is 0 Å². The van der Waals surface area contributed by atoms with Gasteiger partial charge in [-0.05, 0) is 11.5 Å². The van der Waals surface area contributed by atoms with Crippen LogP contribution in [0, 0.1) is 0 Å². The molecule has 0 aliphatic rings. The van der Waals surface area contributed by atoms with Gasteiger partial charge < -0.3 is 15.2 Å². The molecule has 0 heterocycles. The van der Waals surface area contributed by atoms with Crippen LogP contribution in [-0.2, 0) is 0 Å². The van der Waals surface area contributed by atoms with E-state index in [0.717, 1.165) is 10.8 Å². The quantitative estimate of drug-likeness (QED) is 0.844. The van der Waals surface area contributed by atoms with Gasteiger partial charge in [-0.3, -0.25) is 0 Å². The summed E-state index contributed by atoms with van der Waals surface area (Å²) in [7, 11) is 0. The second kappa shape index (κ2) is 6.55. The van der Waals surface area contributed by atoms with Crippen LogP contribution in [0.25, 0.3) is 10.8 Å². The van der Waals surface area contributed by atoms with Gasteiger partial charge in [0.25, 0.3) is 0 Å². The lowest BCUT2D eigenvalue weighted by molar-refractivity contribution is 0.105. The van der Waals surface area contributed by atoms with E-state index in [1.165, 1.54) is 0 Å². The first-order valence-corrected chi connectivity index (χ1v) is 5.96. The molecule has 0 spiro atoms. The Balaban J connectivity index is 2.04. The Morgan fingerprint density at radius 1 is 1.26 bits per heavy atom. The third-order valence-corrected chi connectivity index (χ3v) is 2.65. The van der Waals surface area contributed by atoms with E-state index in [2.05, 4.69) is 5.32 Å². The van der Waals surface area contributed by atoms with Gasteiger partial charge in [-0.15, -0.1) is 0 Å². The molecule has 2 aromatic rings. The lowest BCUT2D eigenvalue weighted by atomic mass is 10.1. The zero-order valence-electron chi connectivity index (χ0n) is 17.4. The van der Waals surface area contributed by atoms with Crippen molar-refractivity contribution in [3.63, 3.8) is 0 Å². The minimum atomic E-state index is -2.79.